The Hall–Kier alpha value is -3.48. The summed E-state index contributed by atoms with van der Waals surface area (Å²) in [6, 6.07) is 14.8. The van der Waals surface area contributed by atoms with E-state index in [1.165, 1.54) is 13.2 Å². The van der Waals surface area contributed by atoms with E-state index in [4.69, 9.17) is 9.47 Å². The van der Waals surface area contributed by atoms with Crippen molar-refractivity contribution in [1.29, 1.82) is 0 Å². The lowest BCUT2D eigenvalue weighted by Crippen LogP contribution is -2.44. The summed E-state index contributed by atoms with van der Waals surface area (Å²) in [4.78, 5) is 14.8. The zero-order chi connectivity index (χ0) is 20.4. The first kappa shape index (κ1) is 18.9. The first-order valence-corrected chi connectivity index (χ1v) is 9.31. The molecule has 1 atom stereocenters. The van der Waals surface area contributed by atoms with E-state index < -0.39 is 6.04 Å². The first-order valence-electron chi connectivity index (χ1n) is 9.31. The minimum Gasteiger partial charge on any atom is -0.493 e. The minimum atomic E-state index is -0.514. The van der Waals surface area contributed by atoms with Crippen molar-refractivity contribution in [2.75, 3.05) is 26.1 Å². The maximum Gasteiger partial charge on any atom is 0.322 e. The van der Waals surface area contributed by atoms with Crippen LogP contribution in [0.15, 0.2) is 60.8 Å². The van der Waals surface area contributed by atoms with Crippen LogP contribution in [-0.4, -0.2) is 36.3 Å². The summed E-state index contributed by atoms with van der Waals surface area (Å²) < 4.78 is 27.2. The van der Waals surface area contributed by atoms with Gasteiger partial charge in [0.05, 0.1) is 14.2 Å². The van der Waals surface area contributed by atoms with Gasteiger partial charge in [-0.3, -0.25) is 0 Å². The van der Waals surface area contributed by atoms with E-state index in [0.29, 0.717) is 35.8 Å². The number of halogens is 1. The Morgan fingerprint density at radius 2 is 1.83 bits per heavy atom. The fourth-order valence-corrected chi connectivity index (χ4v) is 3.74. The minimum absolute atomic E-state index is 0.307. The van der Waals surface area contributed by atoms with Crippen molar-refractivity contribution >= 4 is 11.7 Å². The molecule has 1 aromatic heterocycles. The smallest absolute Gasteiger partial charge is 0.322 e. The molecule has 1 aliphatic rings. The third-order valence-corrected chi connectivity index (χ3v) is 5.13. The van der Waals surface area contributed by atoms with Crippen LogP contribution in [0.25, 0.3) is 0 Å². The zero-order valence-corrected chi connectivity index (χ0v) is 16.3. The monoisotopic (exact) mass is 395 g/mol. The van der Waals surface area contributed by atoms with E-state index in [2.05, 4.69) is 9.88 Å². The van der Waals surface area contributed by atoms with Crippen LogP contribution < -0.4 is 14.8 Å². The molecule has 0 unspecified atom stereocenters. The molecule has 29 heavy (non-hydrogen) atoms. The van der Waals surface area contributed by atoms with Crippen molar-refractivity contribution < 1.29 is 18.7 Å². The topological polar surface area (TPSA) is 55.7 Å². The van der Waals surface area contributed by atoms with Gasteiger partial charge in [0.15, 0.2) is 11.5 Å². The lowest BCUT2D eigenvalue weighted by molar-refractivity contribution is 0.180. The standard InChI is InChI=1S/C22H22FN3O3/c1-28-19-10-9-15(14-20(19)29-2)24-22(27)26-13-12-25-11-5-8-18(25)21(26)16-6-3-4-7-17(16)23/h3-11,14,21H,12-13H2,1-2H3,(H,24,27)/t21-/m1/s1. The van der Waals surface area contributed by atoms with Gasteiger partial charge in [0.2, 0.25) is 0 Å². The number of methoxy groups -OCH3 is 2. The first-order chi connectivity index (χ1) is 14.1. The second kappa shape index (κ2) is 7.87. The molecule has 0 aliphatic carbocycles. The summed E-state index contributed by atoms with van der Waals surface area (Å²) >= 11 is 0. The molecule has 1 aliphatic heterocycles. The fraction of sp³-hybridized carbons (Fsp3) is 0.227. The van der Waals surface area contributed by atoms with Gasteiger partial charge in [0.1, 0.15) is 11.9 Å². The van der Waals surface area contributed by atoms with Gasteiger partial charge in [0.25, 0.3) is 0 Å². The lowest BCUT2D eigenvalue weighted by atomic mass is 9.99. The number of rotatable bonds is 4. The molecule has 3 aromatic rings. The number of amides is 2. The van der Waals surface area contributed by atoms with Gasteiger partial charge in [0, 0.05) is 42.3 Å². The number of fused-ring (bicyclic) bond motifs is 1. The number of carbonyl (C=O) groups is 1. The Kier molecular flexibility index (Phi) is 5.12. The molecule has 150 valence electrons. The van der Waals surface area contributed by atoms with Gasteiger partial charge in [-0.25, -0.2) is 9.18 Å². The average Bonchev–Trinajstić information content (AvgIpc) is 3.22. The zero-order valence-electron chi connectivity index (χ0n) is 16.3. The Morgan fingerprint density at radius 1 is 1.03 bits per heavy atom. The molecule has 0 spiro atoms. The van der Waals surface area contributed by atoms with Crippen molar-refractivity contribution in [3.05, 3.63) is 77.9 Å². The van der Waals surface area contributed by atoms with E-state index in [1.807, 2.05) is 18.3 Å². The number of aromatic nitrogens is 1. The number of benzene rings is 2. The van der Waals surface area contributed by atoms with Gasteiger partial charge in [-0.15, -0.1) is 0 Å². The van der Waals surface area contributed by atoms with Gasteiger partial charge < -0.3 is 24.3 Å². The molecule has 0 fully saturated rings. The molecule has 0 saturated carbocycles. The molecule has 0 radical (unpaired) electrons. The number of carbonyl (C=O) groups excluding carboxylic acids is 1. The molecule has 2 amide bonds. The summed E-state index contributed by atoms with van der Waals surface area (Å²) in [7, 11) is 3.09. The van der Waals surface area contributed by atoms with Crippen LogP contribution in [0.4, 0.5) is 14.9 Å². The van der Waals surface area contributed by atoms with Gasteiger partial charge in [-0.05, 0) is 30.3 Å². The van der Waals surface area contributed by atoms with Crippen molar-refractivity contribution in [2.24, 2.45) is 0 Å². The second-order valence-corrected chi connectivity index (χ2v) is 6.74. The number of anilines is 1. The average molecular weight is 395 g/mol. The highest BCUT2D eigenvalue weighted by Crippen LogP contribution is 2.35. The van der Waals surface area contributed by atoms with Crippen molar-refractivity contribution in [1.82, 2.24) is 9.47 Å². The van der Waals surface area contributed by atoms with Crippen LogP contribution in [-0.2, 0) is 6.54 Å². The number of hydrogen-bond acceptors (Lipinski definition) is 3. The van der Waals surface area contributed by atoms with E-state index in [1.54, 1.807) is 48.4 Å². The summed E-state index contributed by atoms with van der Waals surface area (Å²) in [5, 5.41) is 2.90. The maximum absolute atomic E-state index is 14.6. The number of ether oxygens (including phenoxy) is 2. The van der Waals surface area contributed by atoms with Crippen molar-refractivity contribution in [3.8, 4) is 11.5 Å². The molecule has 2 heterocycles. The maximum atomic E-state index is 14.6. The largest absolute Gasteiger partial charge is 0.493 e. The molecule has 7 heteroatoms. The molecule has 0 bridgehead atoms. The summed E-state index contributed by atoms with van der Waals surface area (Å²) in [6.07, 6.45) is 1.95. The number of nitrogens with zero attached hydrogens (tertiary/aromatic N) is 2. The molecule has 6 nitrogen and oxygen atoms in total. The molecular weight excluding hydrogens is 373 g/mol. The Morgan fingerprint density at radius 3 is 2.59 bits per heavy atom. The van der Waals surface area contributed by atoms with Crippen LogP contribution in [0.2, 0.25) is 0 Å². The summed E-state index contributed by atoms with van der Waals surface area (Å²) in [6.45, 7) is 1.10. The molecule has 2 aromatic carbocycles. The SMILES string of the molecule is COc1ccc(NC(=O)N2CCn3cccc3[C@H]2c2ccccc2F)cc1OC. The van der Waals surface area contributed by atoms with Crippen LogP contribution in [0, 0.1) is 5.82 Å². The summed E-state index contributed by atoms with van der Waals surface area (Å²) in [5.74, 6) is 0.755. The Labute approximate surface area is 168 Å². The second-order valence-electron chi connectivity index (χ2n) is 6.74. The molecule has 4 rings (SSSR count). The normalized spacial score (nSPS) is 15.6. The van der Waals surface area contributed by atoms with E-state index in [-0.39, 0.29) is 11.8 Å². The Bertz CT molecular complexity index is 1030. The van der Waals surface area contributed by atoms with Crippen molar-refractivity contribution in [2.45, 2.75) is 12.6 Å². The van der Waals surface area contributed by atoms with Gasteiger partial charge in [-0.2, -0.15) is 0 Å². The fourth-order valence-electron chi connectivity index (χ4n) is 3.74. The quantitative estimate of drug-likeness (QED) is 0.717. The number of hydrogen-bond donors (Lipinski definition) is 1. The molecular formula is C22H22FN3O3. The highest BCUT2D eigenvalue weighted by molar-refractivity contribution is 5.90. The van der Waals surface area contributed by atoms with Crippen LogP contribution in [0.5, 0.6) is 11.5 Å². The highest BCUT2D eigenvalue weighted by atomic mass is 19.1. The van der Waals surface area contributed by atoms with Crippen molar-refractivity contribution in [3.63, 3.8) is 0 Å². The Balaban J connectivity index is 1.66. The third kappa shape index (κ3) is 3.51. The molecule has 1 N–H and O–H groups in total. The van der Waals surface area contributed by atoms with E-state index in [0.717, 1.165) is 5.69 Å². The number of urea groups is 1. The van der Waals surface area contributed by atoms with Gasteiger partial charge in [-0.1, -0.05) is 18.2 Å². The highest BCUT2D eigenvalue weighted by Gasteiger charge is 2.33. The predicted molar refractivity (Wildman–Crippen MR) is 108 cm³/mol. The summed E-state index contributed by atoms with van der Waals surface area (Å²) in [5.41, 5.74) is 1.92. The molecule has 0 saturated heterocycles. The van der Waals surface area contributed by atoms with E-state index in [9.17, 15) is 9.18 Å². The lowest BCUT2D eigenvalue weighted by Gasteiger charge is -2.37. The predicted octanol–water partition coefficient (Wildman–Crippen LogP) is 4.28. The van der Waals surface area contributed by atoms with Crippen LogP contribution in [0.1, 0.15) is 17.3 Å². The number of nitrogens with one attached hydrogen (secondary N) is 1. The van der Waals surface area contributed by atoms with Crippen LogP contribution in [0.3, 0.4) is 0 Å². The third-order valence-electron chi connectivity index (χ3n) is 5.13. The van der Waals surface area contributed by atoms with Gasteiger partial charge >= 0.3 is 6.03 Å². The van der Waals surface area contributed by atoms with Crippen LogP contribution >= 0.6 is 0 Å². The van der Waals surface area contributed by atoms with E-state index >= 15 is 0 Å².